The van der Waals surface area contributed by atoms with Gasteiger partial charge in [-0.15, -0.1) is 0 Å². The quantitative estimate of drug-likeness (QED) is 0.0864. The zero-order valence-corrected chi connectivity index (χ0v) is 33.0. The Kier molecular flexibility index (Phi) is 13.1. The van der Waals surface area contributed by atoms with Crippen molar-refractivity contribution in [1.29, 1.82) is 0 Å². The minimum Gasteiger partial charge on any atom is -0.508 e. The average molecular weight is 801 g/mol. The van der Waals surface area contributed by atoms with E-state index in [1.165, 1.54) is 0 Å². The van der Waals surface area contributed by atoms with Crippen molar-refractivity contribution in [3.8, 4) is 34.3 Å². The average Bonchev–Trinajstić information content (AvgIpc) is 3.24. The van der Waals surface area contributed by atoms with Gasteiger partial charge in [0.25, 0.3) is 0 Å². The van der Waals surface area contributed by atoms with Crippen LogP contribution in [0.1, 0.15) is 81.0 Å². The van der Waals surface area contributed by atoms with Crippen LogP contribution in [0.3, 0.4) is 0 Å². The lowest BCUT2D eigenvalue weighted by Crippen LogP contribution is -2.30. The van der Waals surface area contributed by atoms with Crippen LogP contribution in [0.15, 0.2) is 91.0 Å². The maximum absolute atomic E-state index is 13.6. The minimum absolute atomic E-state index is 0.172. The summed E-state index contributed by atoms with van der Waals surface area (Å²) in [6.45, 7) is 1.82. The third kappa shape index (κ3) is 10.8. The number of esters is 4. The lowest BCUT2D eigenvalue weighted by atomic mass is 9.87. The van der Waals surface area contributed by atoms with Crippen LogP contribution >= 0.6 is 0 Å². The number of rotatable bonds is 13. The summed E-state index contributed by atoms with van der Waals surface area (Å²) in [5, 5.41) is 19.0. The molecule has 0 atom stereocenters. The van der Waals surface area contributed by atoms with Crippen molar-refractivity contribution in [2.24, 2.45) is 11.8 Å². The molecule has 59 heavy (non-hydrogen) atoms. The second-order valence-corrected chi connectivity index (χ2v) is 15.4. The number of fused-ring (bicyclic) bond motifs is 1. The number of ether oxygens (including phenoxy) is 4. The summed E-state index contributed by atoms with van der Waals surface area (Å²) in [6.07, 6.45) is 4.99. The second kappa shape index (κ2) is 19.0. The fraction of sp³-hybridized carbons (Fsp3) is 0.362. The van der Waals surface area contributed by atoms with Gasteiger partial charge in [-0.2, -0.15) is 0 Å². The summed E-state index contributed by atoms with van der Waals surface area (Å²) in [7, 11) is 0. The number of aromatic hydroxyl groups is 2. The van der Waals surface area contributed by atoms with Crippen molar-refractivity contribution in [3.63, 3.8) is 0 Å². The monoisotopic (exact) mass is 800 g/mol. The van der Waals surface area contributed by atoms with E-state index in [4.69, 9.17) is 28.9 Å². The molecule has 1 heterocycles. The van der Waals surface area contributed by atoms with Gasteiger partial charge in [-0.1, -0.05) is 54.6 Å². The molecule has 0 saturated heterocycles. The van der Waals surface area contributed by atoms with Gasteiger partial charge in [-0.05, 0) is 119 Å². The number of hydrogen-bond donors (Lipinski definition) is 2. The number of nitrogens with zero attached hydrogens (tertiary/aromatic N) is 2. The lowest BCUT2D eigenvalue weighted by Gasteiger charge is -2.27. The largest absolute Gasteiger partial charge is 0.508 e. The van der Waals surface area contributed by atoms with Gasteiger partial charge in [-0.25, -0.2) is 9.97 Å². The third-order valence-corrected chi connectivity index (χ3v) is 11.1. The van der Waals surface area contributed by atoms with Crippen molar-refractivity contribution in [2.45, 2.75) is 96.2 Å². The first-order chi connectivity index (χ1) is 28.6. The van der Waals surface area contributed by atoms with E-state index < -0.39 is 23.8 Å². The Morgan fingerprint density at radius 3 is 1.42 bits per heavy atom. The van der Waals surface area contributed by atoms with E-state index in [0.29, 0.717) is 81.1 Å². The van der Waals surface area contributed by atoms with E-state index in [1.807, 2.05) is 37.3 Å². The van der Waals surface area contributed by atoms with E-state index in [0.717, 1.165) is 16.7 Å². The Bertz CT molecular complexity index is 2260. The number of carbonyl (C=O) groups excluding carboxylic acids is 4. The highest BCUT2D eigenvalue weighted by molar-refractivity contribution is 5.92. The minimum atomic E-state index is -0.422. The summed E-state index contributed by atoms with van der Waals surface area (Å²) in [5.74, 6) is -1.50. The van der Waals surface area contributed by atoms with E-state index in [-0.39, 0.29) is 65.5 Å². The maximum Gasteiger partial charge on any atom is 0.314 e. The van der Waals surface area contributed by atoms with Crippen LogP contribution in [-0.2, 0) is 41.5 Å². The Morgan fingerprint density at radius 1 is 0.559 bits per heavy atom. The molecular formula is C47H48N2O10. The molecule has 2 saturated carbocycles. The summed E-state index contributed by atoms with van der Waals surface area (Å²) in [5.41, 5.74) is 4.47. The number of benzene rings is 4. The molecule has 2 N–H and O–H groups in total. The van der Waals surface area contributed by atoms with Gasteiger partial charge in [0, 0.05) is 18.4 Å². The van der Waals surface area contributed by atoms with Crippen LogP contribution in [0.5, 0.6) is 23.0 Å². The van der Waals surface area contributed by atoms with Crippen LogP contribution in [0, 0.1) is 18.8 Å². The van der Waals surface area contributed by atoms with Crippen molar-refractivity contribution in [1.82, 2.24) is 9.97 Å². The van der Waals surface area contributed by atoms with Crippen LogP contribution in [0.4, 0.5) is 0 Å². The maximum atomic E-state index is 13.6. The number of carbonyl (C=O) groups is 4. The van der Waals surface area contributed by atoms with Crippen LogP contribution < -0.4 is 9.47 Å². The molecule has 0 aliphatic heterocycles. The SMILES string of the molecule is Cc1nc2c(OC(=O)[C@H]3CC[C@H](OC(=O)CCc4ccc(O)cc4)CC3)ccc(OC(=O)[C@H]3CC[C@H](OC(=O)CCc4ccc(O)cc4)CC3)c2nc1-c1ccccc1. The van der Waals surface area contributed by atoms with Crippen molar-refractivity contribution in [3.05, 3.63) is 108 Å². The van der Waals surface area contributed by atoms with Gasteiger partial charge in [0.05, 0.1) is 23.2 Å². The number of phenolic OH excluding ortho intramolecular Hbond substituents is 2. The zero-order chi connectivity index (χ0) is 41.3. The first-order valence-electron chi connectivity index (χ1n) is 20.3. The number of aryl methyl sites for hydroxylation is 3. The Morgan fingerprint density at radius 2 is 0.983 bits per heavy atom. The highest BCUT2D eigenvalue weighted by atomic mass is 16.6. The highest BCUT2D eigenvalue weighted by Crippen LogP contribution is 2.37. The Balaban J connectivity index is 0.968. The molecule has 0 unspecified atom stereocenters. The molecule has 7 rings (SSSR count). The van der Waals surface area contributed by atoms with Gasteiger partial charge in [-0.3, -0.25) is 19.2 Å². The third-order valence-electron chi connectivity index (χ3n) is 11.1. The van der Waals surface area contributed by atoms with Crippen LogP contribution in [-0.4, -0.2) is 56.3 Å². The molecule has 4 aromatic carbocycles. The standard InChI is InChI=1S/C47H48N2O10/c1-29-43(32-5-3-2-4-6-32)49-45-40(59-47(55)34-15-23-38(24-16-34)57-42(53)28-12-31-9-19-36(51)20-10-31)26-25-39(44(45)48-29)58-46(54)33-13-21-37(22-14-33)56-41(52)27-11-30-7-17-35(50)18-8-30/h2-10,17-20,25-26,33-34,37-38,50-51H,11-16,21-24,27-28H2,1H3/t33-,34-,37-,38-. The molecule has 5 aromatic rings. The molecule has 2 aliphatic rings. The number of hydrogen-bond acceptors (Lipinski definition) is 12. The Labute approximate surface area is 342 Å². The first-order valence-corrected chi connectivity index (χ1v) is 20.3. The molecular weight excluding hydrogens is 753 g/mol. The van der Waals surface area contributed by atoms with Crippen LogP contribution in [0.25, 0.3) is 22.3 Å². The second-order valence-electron chi connectivity index (χ2n) is 15.4. The summed E-state index contributed by atoms with van der Waals surface area (Å²) in [6, 6.07) is 26.1. The predicted octanol–water partition coefficient (Wildman–Crippen LogP) is 8.30. The summed E-state index contributed by atoms with van der Waals surface area (Å²) < 4.78 is 23.4. The molecule has 0 bridgehead atoms. The van der Waals surface area contributed by atoms with Crippen molar-refractivity contribution < 1.29 is 48.3 Å². The normalized spacial score (nSPS) is 19.1. The van der Waals surface area contributed by atoms with Crippen molar-refractivity contribution in [2.75, 3.05) is 0 Å². The van der Waals surface area contributed by atoms with Gasteiger partial charge < -0.3 is 29.2 Å². The molecule has 0 spiro atoms. The molecule has 2 fully saturated rings. The summed E-state index contributed by atoms with van der Waals surface area (Å²) >= 11 is 0. The molecule has 0 radical (unpaired) electrons. The smallest absolute Gasteiger partial charge is 0.314 e. The van der Waals surface area contributed by atoms with Gasteiger partial charge in [0.2, 0.25) is 0 Å². The first kappa shape index (κ1) is 40.9. The Hall–Kier alpha value is -6.30. The predicted molar refractivity (Wildman–Crippen MR) is 218 cm³/mol. The van der Waals surface area contributed by atoms with E-state index in [1.54, 1.807) is 60.7 Å². The van der Waals surface area contributed by atoms with Crippen LogP contribution in [0.2, 0.25) is 0 Å². The van der Waals surface area contributed by atoms with Gasteiger partial charge in [0.1, 0.15) is 34.7 Å². The van der Waals surface area contributed by atoms with E-state index in [9.17, 15) is 29.4 Å². The number of aromatic nitrogens is 2. The fourth-order valence-corrected chi connectivity index (χ4v) is 7.73. The fourth-order valence-electron chi connectivity index (χ4n) is 7.73. The highest BCUT2D eigenvalue weighted by Gasteiger charge is 2.32. The molecule has 306 valence electrons. The van der Waals surface area contributed by atoms with E-state index in [2.05, 4.69) is 0 Å². The molecule has 12 heteroatoms. The molecule has 12 nitrogen and oxygen atoms in total. The zero-order valence-electron chi connectivity index (χ0n) is 33.0. The molecule has 0 amide bonds. The van der Waals surface area contributed by atoms with Gasteiger partial charge in [0.15, 0.2) is 11.5 Å². The number of phenols is 2. The topological polar surface area (TPSA) is 171 Å². The summed E-state index contributed by atoms with van der Waals surface area (Å²) in [4.78, 5) is 62.0. The lowest BCUT2D eigenvalue weighted by molar-refractivity contribution is -0.153. The van der Waals surface area contributed by atoms with Gasteiger partial charge >= 0.3 is 23.9 Å². The molecule has 1 aromatic heterocycles. The van der Waals surface area contributed by atoms with E-state index >= 15 is 0 Å². The van der Waals surface area contributed by atoms with Crippen molar-refractivity contribution >= 4 is 34.9 Å². The molecule has 2 aliphatic carbocycles.